The molecule has 0 radical (unpaired) electrons. The van der Waals surface area contributed by atoms with Gasteiger partial charge in [-0.1, -0.05) is 35.5 Å². The molecule has 2 aromatic heterocycles. The average molecular weight is 370 g/mol. The molecule has 0 amide bonds. The van der Waals surface area contributed by atoms with Crippen molar-refractivity contribution in [3.05, 3.63) is 57.7 Å². The van der Waals surface area contributed by atoms with Crippen LogP contribution in [0.5, 0.6) is 0 Å². The summed E-state index contributed by atoms with van der Waals surface area (Å²) in [6.45, 7) is 2.63. The normalized spacial score (nSPS) is 11.3. The highest BCUT2D eigenvalue weighted by Gasteiger charge is 2.23. The molecule has 0 aliphatic rings. The van der Waals surface area contributed by atoms with Gasteiger partial charge in [0.2, 0.25) is 0 Å². The molecule has 2 heterocycles. The van der Waals surface area contributed by atoms with Crippen molar-refractivity contribution < 1.29 is 14.1 Å². The van der Waals surface area contributed by atoms with E-state index < -0.39 is 11.5 Å². The number of carbonyl (C=O) groups is 1. The van der Waals surface area contributed by atoms with Gasteiger partial charge in [-0.15, -0.1) is 0 Å². The monoisotopic (exact) mass is 370 g/mol. The van der Waals surface area contributed by atoms with Crippen molar-refractivity contribution in [1.29, 1.82) is 0 Å². The summed E-state index contributed by atoms with van der Waals surface area (Å²) in [5.41, 5.74) is 0.988. The molecule has 0 fully saturated rings. The predicted octanol–water partition coefficient (Wildman–Crippen LogP) is 2.00. The Kier molecular flexibility index (Phi) is 5.66. The second kappa shape index (κ2) is 8.13. The molecule has 142 valence electrons. The summed E-state index contributed by atoms with van der Waals surface area (Å²) in [6.07, 6.45) is 1.88. The van der Waals surface area contributed by atoms with Crippen LogP contribution in [0.4, 0.5) is 0 Å². The molecule has 27 heavy (non-hydrogen) atoms. The molecule has 0 N–H and O–H groups in total. The first-order valence-corrected chi connectivity index (χ1v) is 8.69. The molecule has 1 aromatic carbocycles. The number of aryl methyl sites for hydroxylation is 2. The summed E-state index contributed by atoms with van der Waals surface area (Å²) in [7, 11) is 3.17. The molecule has 0 atom stereocenters. The van der Waals surface area contributed by atoms with E-state index in [1.165, 1.54) is 17.4 Å². The number of hydrogen-bond donors (Lipinski definition) is 0. The van der Waals surface area contributed by atoms with Crippen molar-refractivity contribution >= 4 is 16.9 Å². The Morgan fingerprint density at radius 3 is 2.74 bits per heavy atom. The molecule has 0 unspecified atom stereocenters. The van der Waals surface area contributed by atoms with Crippen LogP contribution in [-0.4, -0.2) is 46.5 Å². The van der Waals surface area contributed by atoms with E-state index in [9.17, 15) is 9.59 Å². The summed E-state index contributed by atoms with van der Waals surface area (Å²) in [5, 5.41) is 8.29. The number of carbonyl (C=O) groups excluding carboxylic acids is 1. The quantitative estimate of drug-likeness (QED) is 0.588. The fraction of sp³-hybridized carbons (Fsp3) is 0.368. The topological polar surface area (TPSA) is 90.5 Å². The lowest BCUT2D eigenvalue weighted by Crippen LogP contribution is -2.34. The van der Waals surface area contributed by atoms with E-state index in [1.807, 2.05) is 30.1 Å². The molecule has 3 rings (SSSR count). The van der Waals surface area contributed by atoms with Crippen molar-refractivity contribution in [2.45, 2.75) is 26.4 Å². The van der Waals surface area contributed by atoms with Crippen molar-refractivity contribution in [2.75, 3.05) is 20.7 Å². The van der Waals surface area contributed by atoms with Gasteiger partial charge in [-0.25, -0.2) is 9.48 Å². The van der Waals surface area contributed by atoms with Crippen LogP contribution in [-0.2, 0) is 17.8 Å². The Morgan fingerprint density at radius 2 is 2.04 bits per heavy atom. The zero-order chi connectivity index (χ0) is 19.4. The predicted molar refractivity (Wildman–Crippen MR) is 99.5 cm³/mol. The standard InChI is InChI=1S/C19H22N4O4/c1-13-15-16(21-27-13)18(24)23(20-17(15)19(25)26-3)12-22(2)11-7-10-14-8-5-4-6-9-14/h4-6,8-9H,7,10-12H2,1-3H3. The summed E-state index contributed by atoms with van der Waals surface area (Å²) in [4.78, 5) is 26.7. The van der Waals surface area contributed by atoms with E-state index in [2.05, 4.69) is 22.4 Å². The second-order valence-electron chi connectivity index (χ2n) is 6.42. The van der Waals surface area contributed by atoms with Crippen LogP contribution in [0.2, 0.25) is 0 Å². The third-order valence-electron chi connectivity index (χ3n) is 4.36. The zero-order valence-electron chi connectivity index (χ0n) is 15.6. The van der Waals surface area contributed by atoms with E-state index in [4.69, 9.17) is 9.26 Å². The van der Waals surface area contributed by atoms with Gasteiger partial charge in [0.05, 0.1) is 19.2 Å². The number of nitrogens with zero attached hydrogens (tertiary/aromatic N) is 4. The van der Waals surface area contributed by atoms with Crippen LogP contribution in [0.3, 0.4) is 0 Å². The summed E-state index contributed by atoms with van der Waals surface area (Å²) < 4.78 is 11.1. The van der Waals surface area contributed by atoms with E-state index in [-0.39, 0.29) is 17.9 Å². The molecule has 3 aromatic rings. The van der Waals surface area contributed by atoms with Crippen molar-refractivity contribution in [1.82, 2.24) is 19.8 Å². The first kappa shape index (κ1) is 18.8. The molecule has 0 aliphatic heterocycles. The second-order valence-corrected chi connectivity index (χ2v) is 6.42. The minimum absolute atomic E-state index is 0.0311. The van der Waals surface area contributed by atoms with Crippen LogP contribution in [0.15, 0.2) is 39.6 Å². The van der Waals surface area contributed by atoms with Crippen LogP contribution in [0.1, 0.15) is 28.2 Å². The number of ether oxygens (including phenoxy) is 1. The molecule has 8 heteroatoms. The number of benzene rings is 1. The maximum Gasteiger partial charge on any atom is 0.359 e. The van der Waals surface area contributed by atoms with Gasteiger partial charge in [0, 0.05) is 0 Å². The van der Waals surface area contributed by atoms with Gasteiger partial charge in [-0.05, 0) is 38.9 Å². The summed E-state index contributed by atoms with van der Waals surface area (Å²) >= 11 is 0. The zero-order valence-corrected chi connectivity index (χ0v) is 15.6. The number of esters is 1. The lowest BCUT2D eigenvalue weighted by molar-refractivity contribution is 0.0592. The highest BCUT2D eigenvalue weighted by molar-refractivity contribution is 6.01. The minimum Gasteiger partial charge on any atom is -0.464 e. The molecule has 0 bridgehead atoms. The number of aromatic nitrogens is 3. The van der Waals surface area contributed by atoms with Crippen molar-refractivity contribution in [3.63, 3.8) is 0 Å². The molecular formula is C19H22N4O4. The number of fused-ring (bicyclic) bond motifs is 1. The van der Waals surface area contributed by atoms with Crippen molar-refractivity contribution in [3.8, 4) is 0 Å². The van der Waals surface area contributed by atoms with Gasteiger partial charge in [-0.3, -0.25) is 9.69 Å². The summed E-state index contributed by atoms with van der Waals surface area (Å²) in [5.74, 6) is -0.273. The molecule has 0 spiro atoms. The van der Waals surface area contributed by atoms with Gasteiger partial charge in [0.1, 0.15) is 5.76 Å². The Hall–Kier alpha value is -3.00. The Labute approximate surface area is 156 Å². The molecule has 0 aliphatic carbocycles. The van der Waals surface area contributed by atoms with E-state index in [0.717, 1.165) is 19.4 Å². The van der Waals surface area contributed by atoms with Crippen LogP contribution >= 0.6 is 0 Å². The summed E-state index contributed by atoms with van der Waals surface area (Å²) in [6, 6.07) is 10.2. The van der Waals surface area contributed by atoms with Gasteiger partial charge in [-0.2, -0.15) is 5.10 Å². The van der Waals surface area contributed by atoms with Gasteiger partial charge in [0.25, 0.3) is 5.56 Å². The largest absolute Gasteiger partial charge is 0.464 e. The van der Waals surface area contributed by atoms with Crippen molar-refractivity contribution in [2.24, 2.45) is 0 Å². The Morgan fingerprint density at radius 1 is 1.30 bits per heavy atom. The molecule has 0 saturated carbocycles. The Balaban J connectivity index is 1.77. The lowest BCUT2D eigenvalue weighted by atomic mass is 10.1. The first-order valence-electron chi connectivity index (χ1n) is 8.69. The third kappa shape index (κ3) is 4.06. The third-order valence-corrected chi connectivity index (χ3v) is 4.36. The van der Waals surface area contributed by atoms with E-state index >= 15 is 0 Å². The number of methoxy groups -OCH3 is 1. The SMILES string of the molecule is COC(=O)c1nn(CN(C)CCCc2ccccc2)c(=O)c2noc(C)c12. The Bertz CT molecular complexity index is 994. The number of rotatable bonds is 7. The number of hydrogen-bond acceptors (Lipinski definition) is 7. The highest BCUT2D eigenvalue weighted by atomic mass is 16.5. The van der Waals surface area contributed by atoms with Gasteiger partial charge >= 0.3 is 5.97 Å². The molecule has 8 nitrogen and oxygen atoms in total. The van der Waals surface area contributed by atoms with E-state index in [0.29, 0.717) is 11.1 Å². The van der Waals surface area contributed by atoms with E-state index in [1.54, 1.807) is 6.92 Å². The smallest absolute Gasteiger partial charge is 0.359 e. The average Bonchev–Trinajstić information content (AvgIpc) is 3.06. The van der Waals surface area contributed by atoms with Crippen LogP contribution in [0.25, 0.3) is 10.9 Å². The molecule has 0 saturated heterocycles. The molecular weight excluding hydrogens is 348 g/mol. The maximum atomic E-state index is 12.6. The maximum absolute atomic E-state index is 12.6. The fourth-order valence-corrected chi connectivity index (χ4v) is 2.97. The van der Waals surface area contributed by atoms with Gasteiger partial charge in [0.15, 0.2) is 11.2 Å². The highest BCUT2D eigenvalue weighted by Crippen LogP contribution is 2.18. The lowest BCUT2D eigenvalue weighted by Gasteiger charge is -2.17. The minimum atomic E-state index is -0.633. The van der Waals surface area contributed by atoms with Crippen LogP contribution in [0, 0.1) is 6.92 Å². The first-order chi connectivity index (χ1) is 13.0. The van der Waals surface area contributed by atoms with Gasteiger partial charge < -0.3 is 9.26 Å². The fourth-order valence-electron chi connectivity index (χ4n) is 2.97. The van der Waals surface area contributed by atoms with Crippen LogP contribution < -0.4 is 5.56 Å².